The molecule has 3 nitrogen and oxygen atoms in total. The van der Waals surface area contributed by atoms with Crippen LogP contribution in [0.15, 0.2) is 18.2 Å². The minimum atomic E-state index is -0.895. The summed E-state index contributed by atoms with van der Waals surface area (Å²) >= 11 is 5.87. The summed E-state index contributed by atoms with van der Waals surface area (Å²) in [5.74, 6) is -1.21. The van der Waals surface area contributed by atoms with Gasteiger partial charge in [-0.15, -0.1) is 0 Å². The average molecular weight is 260 g/mol. The maximum Gasteiger partial charge on any atom is 0.320 e. The third-order valence-electron chi connectivity index (χ3n) is 2.49. The van der Waals surface area contributed by atoms with Crippen molar-refractivity contribution in [1.29, 1.82) is 0 Å². The number of carboxylic acids is 1. The van der Waals surface area contributed by atoms with Crippen LogP contribution in [0.2, 0.25) is 5.02 Å². The van der Waals surface area contributed by atoms with E-state index in [-0.39, 0.29) is 5.82 Å². The van der Waals surface area contributed by atoms with Crippen molar-refractivity contribution in [3.8, 4) is 0 Å². The highest BCUT2D eigenvalue weighted by Crippen LogP contribution is 2.20. The van der Waals surface area contributed by atoms with Crippen molar-refractivity contribution in [2.75, 3.05) is 6.54 Å². The molecule has 5 heteroatoms. The van der Waals surface area contributed by atoms with Gasteiger partial charge in [0.15, 0.2) is 0 Å². The summed E-state index contributed by atoms with van der Waals surface area (Å²) in [5.41, 5.74) is 0.485. The molecular formula is C12H15ClFNO2. The number of nitrogens with one attached hydrogen (secondary N) is 1. The standard InChI is InChI=1S/C12H15ClFNO2/c1-8(12(16)17)15-7-3-4-9-10(13)5-2-6-11(9)14/h2,5-6,8,15H,3-4,7H2,1H3,(H,16,17)/t8-/m1/s1. The van der Waals surface area contributed by atoms with Gasteiger partial charge in [0.1, 0.15) is 11.9 Å². The second kappa shape index (κ2) is 6.57. The number of rotatable bonds is 6. The van der Waals surface area contributed by atoms with E-state index in [9.17, 15) is 9.18 Å². The number of halogens is 2. The predicted molar refractivity (Wildman–Crippen MR) is 64.8 cm³/mol. The third-order valence-corrected chi connectivity index (χ3v) is 2.84. The molecule has 1 atom stereocenters. The number of aliphatic carboxylic acids is 1. The van der Waals surface area contributed by atoms with Crippen molar-refractivity contribution >= 4 is 17.6 Å². The summed E-state index contributed by atoms with van der Waals surface area (Å²) in [7, 11) is 0. The minimum absolute atomic E-state index is 0.316. The first-order chi connectivity index (χ1) is 8.02. The third kappa shape index (κ3) is 4.32. The van der Waals surface area contributed by atoms with Crippen molar-refractivity contribution < 1.29 is 14.3 Å². The molecule has 0 amide bonds. The van der Waals surface area contributed by atoms with E-state index in [0.29, 0.717) is 30.0 Å². The molecule has 2 N–H and O–H groups in total. The van der Waals surface area contributed by atoms with Crippen LogP contribution in [0.1, 0.15) is 18.9 Å². The summed E-state index contributed by atoms with van der Waals surface area (Å²) in [6.07, 6.45) is 1.13. The van der Waals surface area contributed by atoms with Crippen molar-refractivity contribution in [2.24, 2.45) is 0 Å². The van der Waals surface area contributed by atoms with Crippen molar-refractivity contribution in [3.05, 3.63) is 34.6 Å². The van der Waals surface area contributed by atoms with Crippen molar-refractivity contribution in [3.63, 3.8) is 0 Å². The van der Waals surface area contributed by atoms with E-state index in [0.717, 1.165) is 0 Å². The molecule has 94 valence electrons. The zero-order valence-electron chi connectivity index (χ0n) is 9.54. The van der Waals surface area contributed by atoms with Crippen molar-refractivity contribution in [2.45, 2.75) is 25.8 Å². The lowest BCUT2D eigenvalue weighted by atomic mass is 10.1. The van der Waals surface area contributed by atoms with Crippen LogP contribution < -0.4 is 5.32 Å². The SMILES string of the molecule is C[C@@H](NCCCc1c(F)cccc1Cl)C(=O)O. The van der Waals surface area contributed by atoms with Crippen LogP contribution in [-0.2, 0) is 11.2 Å². The second-order valence-corrected chi connectivity index (χ2v) is 4.23. The molecule has 0 unspecified atom stereocenters. The fraction of sp³-hybridized carbons (Fsp3) is 0.417. The van der Waals surface area contributed by atoms with Gasteiger partial charge in [-0.3, -0.25) is 4.79 Å². The Morgan fingerprint density at radius 1 is 1.59 bits per heavy atom. The van der Waals surface area contributed by atoms with Crippen LogP contribution in [0.3, 0.4) is 0 Å². The van der Waals surface area contributed by atoms with Crippen LogP contribution in [-0.4, -0.2) is 23.7 Å². The van der Waals surface area contributed by atoms with E-state index in [4.69, 9.17) is 16.7 Å². The van der Waals surface area contributed by atoms with Gasteiger partial charge in [-0.05, 0) is 38.4 Å². The molecule has 0 aliphatic heterocycles. The smallest absolute Gasteiger partial charge is 0.320 e. The molecule has 0 aromatic heterocycles. The number of carbonyl (C=O) groups is 1. The summed E-state index contributed by atoms with van der Waals surface area (Å²) < 4.78 is 13.4. The van der Waals surface area contributed by atoms with Gasteiger partial charge in [0, 0.05) is 10.6 Å². The van der Waals surface area contributed by atoms with Gasteiger partial charge in [-0.2, -0.15) is 0 Å². The van der Waals surface area contributed by atoms with Gasteiger partial charge in [0.2, 0.25) is 0 Å². The van der Waals surface area contributed by atoms with Crippen LogP contribution in [0, 0.1) is 5.82 Å². The molecule has 1 rings (SSSR count). The normalized spacial score (nSPS) is 12.4. The zero-order chi connectivity index (χ0) is 12.8. The highest BCUT2D eigenvalue weighted by atomic mass is 35.5. The molecular weight excluding hydrogens is 245 g/mol. The number of hydrogen-bond donors (Lipinski definition) is 2. The van der Waals surface area contributed by atoms with E-state index in [1.165, 1.54) is 6.07 Å². The highest BCUT2D eigenvalue weighted by Gasteiger charge is 2.10. The van der Waals surface area contributed by atoms with Gasteiger partial charge < -0.3 is 10.4 Å². The van der Waals surface area contributed by atoms with Crippen molar-refractivity contribution in [1.82, 2.24) is 5.32 Å². The largest absolute Gasteiger partial charge is 0.480 e. The van der Waals surface area contributed by atoms with Gasteiger partial charge in [0.05, 0.1) is 0 Å². The maximum absolute atomic E-state index is 13.4. The molecule has 0 spiro atoms. The minimum Gasteiger partial charge on any atom is -0.480 e. The molecule has 0 bridgehead atoms. The Kier molecular flexibility index (Phi) is 5.38. The number of hydrogen-bond acceptors (Lipinski definition) is 2. The monoisotopic (exact) mass is 259 g/mol. The molecule has 0 aliphatic rings. The Morgan fingerprint density at radius 2 is 2.29 bits per heavy atom. The molecule has 0 saturated heterocycles. The van der Waals surface area contributed by atoms with E-state index in [1.807, 2.05) is 0 Å². The Morgan fingerprint density at radius 3 is 2.88 bits per heavy atom. The lowest BCUT2D eigenvalue weighted by Gasteiger charge is -2.09. The van der Waals surface area contributed by atoms with Gasteiger partial charge in [-0.25, -0.2) is 4.39 Å². The number of carboxylic acid groups (broad SMARTS) is 1. The van der Waals surface area contributed by atoms with Crippen LogP contribution in [0.5, 0.6) is 0 Å². The van der Waals surface area contributed by atoms with Gasteiger partial charge in [-0.1, -0.05) is 17.7 Å². The van der Waals surface area contributed by atoms with E-state index in [1.54, 1.807) is 19.1 Å². The van der Waals surface area contributed by atoms with Crippen LogP contribution in [0.25, 0.3) is 0 Å². The highest BCUT2D eigenvalue weighted by molar-refractivity contribution is 6.31. The lowest BCUT2D eigenvalue weighted by molar-refractivity contribution is -0.138. The molecule has 17 heavy (non-hydrogen) atoms. The molecule has 0 saturated carbocycles. The average Bonchev–Trinajstić information content (AvgIpc) is 2.27. The van der Waals surface area contributed by atoms with Gasteiger partial charge >= 0.3 is 5.97 Å². The summed E-state index contributed by atoms with van der Waals surface area (Å²) in [6.45, 7) is 2.08. The lowest BCUT2D eigenvalue weighted by Crippen LogP contribution is -2.34. The first kappa shape index (κ1) is 13.9. The topological polar surface area (TPSA) is 49.3 Å². The maximum atomic E-state index is 13.4. The second-order valence-electron chi connectivity index (χ2n) is 3.82. The summed E-state index contributed by atoms with van der Waals surface area (Å²) in [6, 6.07) is 3.99. The molecule has 0 heterocycles. The van der Waals surface area contributed by atoms with Gasteiger partial charge in [0.25, 0.3) is 0 Å². The summed E-state index contributed by atoms with van der Waals surface area (Å²) in [5, 5.41) is 11.9. The molecule has 1 aromatic carbocycles. The first-order valence-electron chi connectivity index (χ1n) is 5.41. The van der Waals surface area contributed by atoms with E-state index < -0.39 is 12.0 Å². The quantitative estimate of drug-likeness (QED) is 0.772. The summed E-state index contributed by atoms with van der Waals surface area (Å²) in [4.78, 5) is 10.5. The van der Waals surface area contributed by atoms with E-state index >= 15 is 0 Å². The molecule has 0 fully saturated rings. The Bertz CT molecular complexity index is 378. The first-order valence-corrected chi connectivity index (χ1v) is 5.79. The van der Waals surface area contributed by atoms with Crippen LogP contribution in [0.4, 0.5) is 4.39 Å². The van der Waals surface area contributed by atoms with Crippen LogP contribution >= 0.6 is 11.6 Å². The zero-order valence-corrected chi connectivity index (χ0v) is 10.3. The Balaban J connectivity index is 2.39. The predicted octanol–water partition coefficient (Wildman–Crippen LogP) is 2.47. The molecule has 0 aliphatic carbocycles. The van der Waals surface area contributed by atoms with E-state index in [2.05, 4.69) is 5.32 Å². The molecule has 0 radical (unpaired) electrons. The number of benzene rings is 1. The Labute approximate surface area is 105 Å². The fourth-order valence-electron chi connectivity index (χ4n) is 1.44. The molecule has 1 aromatic rings. The Hall–Kier alpha value is -1.13. The fourth-order valence-corrected chi connectivity index (χ4v) is 1.70.